The minimum atomic E-state index is -1.23. The molecule has 1 heterocycles. The summed E-state index contributed by atoms with van der Waals surface area (Å²) in [4.78, 5) is 41.3. The van der Waals surface area contributed by atoms with Crippen LogP contribution >= 0.6 is 0 Å². The highest BCUT2D eigenvalue weighted by Crippen LogP contribution is 2.11. The molecule has 20 heavy (non-hydrogen) atoms. The minimum absolute atomic E-state index is 0.401. The Morgan fingerprint density at radius 3 is 2.65 bits per heavy atom. The lowest BCUT2D eigenvalue weighted by Crippen LogP contribution is -2.47. The molecule has 0 spiro atoms. The van der Waals surface area contributed by atoms with Gasteiger partial charge in [-0.2, -0.15) is 0 Å². The van der Waals surface area contributed by atoms with Gasteiger partial charge in [0.1, 0.15) is 18.9 Å². The minimum Gasteiger partial charge on any atom is -0.480 e. The summed E-state index contributed by atoms with van der Waals surface area (Å²) in [5, 5.41) is 11.3. The molecule has 0 saturated heterocycles. The van der Waals surface area contributed by atoms with Crippen molar-refractivity contribution in [1.29, 1.82) is 0 Å². The van der Waals surface area contributed by atoms with Gasteiger partial charge in [0.2, 0.25) is 5.91 Å². The molecule has 1 aromatic heterocycles. The average molecular weight is 283 g/mol. The van der Waals surface area contributed by atoms with Crippen LogP contribution in [0.25, 0.3) is 0 Å². The van der Waals surface area contributed by atoms with E-state index in [-0.39, 0.29) is 0 Å². The number of hydrogen-bond acceptors (Lipinski definition) is 4. The molecule has 1 unspecified atom stereocenters. The predicted molar refractivity (Wildman–Crippen MR) is 68.6 cm³/mol. The number of nitrogens with zero attached hydrogens (tertiary/aromatic N) is 2. The van der Waals surface area contributed by atoms with Gasteiger partial charge >= 0.3 is 12.0 Å². The molecule has 0 aliphatic carbocycles. The first kappa shape index (κ1) is 15.5. The van der Waals surface area contributed by atoms with Gasteiger partial charge in [-0.25, -0.2) is 9.78 Å². The van der Waals surface area contributed by atoms with E-state index in [2.05, 4.69) is 15.3 Å². The number of hydrogen-bond donors (Lipinski definition) is 4. The number of nitrogens with two attached hydrogens (primary N) is 1. The van der Waals surface area contributed by atoms with E-state index >= 15 is 0 Å². The molecule has 0 aromatic carbocycles. The van der Waals surface area contributed by atoms with Gasteiger partial charge in [0.15, 0.2) is 0 Å². The standard InChI is InChI=1S/C11H17N5O4/c1-2-7(10-13-3-4-14-10)15-11(20)16(5-8(12)17)6-9(18)19/h3-4,7H,2,5-6H2,1H3,(H2,12,17)(H,13,14)(H,15,20)(H,18,19). The van der Waals surface area contributed by atoms with E-state index < -0.39 is 37.0 Å². The number of amides is 3. The molecule has 110 valence electrons. The summed E-state index contributed by atoms with van der Waals surface area (Å²) in [5.74, 6) is -1.46. The summed E-state index contributed by atoms with van der Waals surface area (Å²) in [7, 11) is 0. The smallest absolute Gasteiger partial charge is 0.323 e. The molecule has 0 aliphatic heterocycles. The van der Waals surface area contributed by atoms with Crippen LogP contribution in [0.3, 0.4) is 0 Å². The molecule has 0 aliphatic rings. The van der Waals surface area contributed by atoms with E-state index in [1.165, 1.54) is 0 Å². The van der Waals surface area contributed by atoms with E-state index in [4.69, 9.17) is 10.8 Å². The van der Waals surface area contributed by atoms with E-state index in [1.54, 1.807) is 12.4 Å². The fourth-order valence-corrected chi connectivity index (χ4v) is 1.62. The molecule has 0 radical (unpaired) electrons. The summed E-state index contributed by atoms with van der Waals surface area (Å²) in [6.07, 6.45) is 3.71. The number of urea groups is 1. The second-order valence-corrected chi connectivity index (χ2v) is 4.10. The Kier molecular flexibility index (Phi) is 5.51. The number of carboxylic acid groups (broad SMARTS) is 1. The Labute approximate surface area is 115 Å². The highest BCUT2D eigenvalue weighted by molar-refractivity contribution is 5.86. The van der Waals surface area contributed by atoms with Crippen LogP contribution in [0.5, 0.6) is 0 Å². The third-order valence-corrected chi connectivity index (χ3v) is 2.52. The molecule has 1 atom stereocenters. The van der Waals surface area contributed by atoms with E-state index in [0.29, 0.717) is 12.2 Å². The maximum Gasteiger partial charge on any atom is 0.323 e. The van der Waals surface area contributed by atoms with Gasteiger partial charge in [0.25, 0.3) is 0 Å². The molecular weight excluding hydrogens is 266 g/mol. The summed E-state index contributed by atoms with van der Waals surface area (Å²) < 4.78 is 0. The molecular formula is C11H17N5O4. The maximum absolute atomic E-state index is 12.0. The summed E-state index contributed by atoms with van der Waals surface area (Å²) in [6.45, 7) is 0.763. The van der Waals surface area contributed by atoms with Gasteiger partial charge in [-0.1, -0.05) is 6.92 Å². The number of carboxylic acids is 1. The zero-order valence-corrected chi connectivity index (χ0v) is 11.0. The lowest BCUT2D eigenvalue weighted by atomic mass is 10.2. The Bertz CT molecular complexity index is 457. The number of rotatable bonds is 7. The van der Waals surface area contributed by atoms with Crippen molar-refractivity contribution < 1.29 is 19.5 Å². The lowest BCUT2D eigenvalue weighted by Gasteiger charge is -2.23. The molecule has 0 fully saturated rings. The van der Waals surface area contributed by atoms with Crippen LogP contribution in [0.1, 0.15) is 25.2 Å². The highest BCUT2D eigenvalue weighted by Gasteiger charge is 2.22. The van der Waals surface area contributed by atoms with Gasteiger partial charge in [-0.05, 0) is 6.42 Å². The molecule has 9 heteroatoms. The van der Waals surface area contributed by atoms with Crippen LogP contribution in [-0.2, 0) is 9.59 Å². The number of nitrogens with one attached hydrogen (secondary N) is 2. The number of imidazole rings is 1. The highest BCUT2D eigenvalue weighted by atomic mass is 16.4. The second kappa shape index (κ2) is 7.12. The molecule has 5 N–H and O–H groups in total. The largest absolute Gasteiger partial charge is 0.480 e. The Morgan fingerprint density at radius 1 is 1.50 bits per heavy atom. The zero-order chi connectivity index (χ0) is 15.1. The van der Waals surface area contributed by atoms with Crippen molar-refractivity contribution in [3.63, 3.8) is 0 Å². The van der Waals surface area contributed by atoms with Crippen molar-refractivity contribution in [3.05, 3.63) is 18.2 Å². The Morgan fingerprint density at radius 2 is 2.20 bits per heavy atom. The first-order valence-electron chi connectivity index (χ1n) is 5.98. The first-order chi connectivity index (χ1) is 9.43. The fraction of sp³-hybridized carbons (Fsp3) is 0.455. The summed E-state index contributed by atoms with van der Waals surface area (Å²) in [6, 6.07) is -1.09. The van der Waals surface area contributed by atoms with Crippen LogP contribution in [0.4, 0.5) is 4.79 Å². The summed E-state index contributed by atoms with van der Waals surface area (Å²) >= 11 is 0. The van der Waals surface area contributed by atoms with Gasteiger partial charge in [0.05, 0.1) is 6.04 Å². The molecule has 9 nitrogen and oxygen atoms in total. The van der Waals surface area contributed by atoms with Crippen LogP contribution in [0.2, 0.25) is 0 Å². The number of aromatic amines is 1. The van der Waals surface area contributed by atoms with Crippen molar-refractivity contribution in [2.45, 2.75) is 19.4 Å². The zero-order valence-electron chi connectivity index (χ0n) is 11.0. The molecule has 0 bridgehead atoms. The van der Waals surface area contributed by atoms with Crippen molar-refractivity contribution in [2.75, 3.05) is 13.1 Å². The maximum atomic E-state index is 12.0. The lowest BCUT2D eigenvalue weighted by molar-refractivity contribution is -0.137. The Hall–Kier alpha value is -2.58. The van der Waals surface area contributed by atoms with Gasteiger partial charge in [-0.15, -0.1) is 0 Å². The molecule has 1 rings (SSSR count). The predicted octanol–water partition coefficient (Wildman–Crippen LogP) is -0.558. The Balaban J connectivity index is 2.73. The summed E-state index contributed by atoms with van der Waals surface area (Å²) in [5.41, 5.74) is 4.99. The van der Waals surface area contributed by atoms with E-state index in [9.17, 15) is 14.4 Å². The normalized spacial score (nSPS) is 11.7. The first-order valence-corrected chi connectivity index (χ1v) is 5.98. The van der Waals surface area contributed by atoms with Crippen molar-refractivity contribution in [3.8, 4) is 0 Å². The van der Waals surface area contributed by atoms with Gasteiger partial charge < -0.3 is 26.0 Å². The van der Waals surface area contributed by atoms with Crippen LogP contribution in [0.15, 0.2) is 12.4 Å². The number of aromatic nitrogens is 2. The van der Waals surface area contributed by atoms with Crippen molar-refractivity contribution in [1.82, 2.24) is 20.2 Å². The molecule has 3 amide bonds. The van der Waals surface area contributed by atoms with E-state index in [0.717, 1.165) is 4.90 Å². The number of carbonyl (C=O) groups excluding carboxylic acids is 2. The number of H-pyrrole nitrogens is 1. The SMILES string of the molecule is CCC(NC(=O)N(CC(N)=O)CC(=O)O)c1ncc[nH]1. The van der Waals surface area contributed by atoms with Gasteiger partial charge in [-0.3, -0.25) is 9.59 Å². The van der Waals surface area contributed by atoms with Gasteiger partial charge in [0, 0.05) is 12.4 Å². The average Bonchev–Trinajstić information content (AvgIpc) is 2.87. The second-order valence-electron chi connectivity index (χ2n) is 4.10. The topological polar surface area (TPSA) is 141 Å². The number of primary amides is 1. The van der Waals surface area contributed by atoms with Crippen LogP contribution < -0.4 is 11.1 Å². The van der Waals surface area contributed by atoms with Crippen LogP contribution in [-0.4, -0.2) is 51.0 Å². The fourth-order valence-electron chi connectivity index (χ4n) is 1.62. The quantitative estimate of drug-likeness (QED) is 0.530. The number of aliphatic carboxylic acids is 1. The monoisotopic (exact) mass is 283 g/mol. The van der Waals surface area contributed by atoms with Crippen molar-refractivity contribution in [2.24, 2.45) is 5.73 Å². The van der Waals surface area contributed by atoms with Crippen LogP contribution in [0, 0.1) is 0 Å². The van der Waals surface area contributed by atoms with E-state index in [1.807, 2.05) is 6.92 Å². The number of carbonyl (C=O) groups is 3. The molecule has 1 aromatic rings. The third-order valence-electron chi connectivity index (χ3n) is 2.52. The molecule has 0 saturated carbocycles. The van der Waals surface area contributed by atoms with Crippen molar-refractivity contribution >= 4 is 17.9 Å². The third kappa shape index (κ3) is 4.59.